The molecule has 108 valence electrons. The summed E-state index contributed by atoms with van der Waals surface area (Å²) >= 11 is 8.09. The minimum Gasteiger partial charge on any atom is -0.497 e. The molecule has 2 nitrogen and oxygen atoms in total. The number of thiophene rings is 1. The van der Waals surface area contributed by atoms with Crippen molar-refractivity contribution in [2.45, 2.75) is 25.8 Å². The third kappa shape index (κ3) is 3.54. The fraction of sp³-hybridized carbons (Fsp3) is 0.375. The molecule has 0 amide bonds. The van der Waals surface area contributed by atoms with Crippen LogP contribution in [0.5, 0.6) is 5.75 Å². The van der Waals surface area contributed by atoms with Crippen molar-refractivity contribution in [1.82, 2.24) is 5.32 Å². The minimum absolute atomic E-state index is 0.309. The molecule has 1 N–H and O–H groups in total. The van der Waals surface area contributed by atoms with E-state index in [9.17, 15) is 0 Å². The molecule has 0 aliphatic carbocycles. The molecular weight excluding hydrogens is 290 g/mol. The van der Waals surface area contributed by atoms with Crippen molar-refractivity contribution in [2.24, 2.45) is 0 Å². The molecule has 0 aliphatic heterocycles. The van der Waals surface area contributed by atoms with Gasteiger partial charge in [0.05, 0.1) is 12.1 Å². The second-order valence-electron chi connectivity index (χ2n) is 4.82. The van der Waals surface area contributed by atoms with E-state index in [1.54, 1.807) is 18.4 Å². The van der Waals surface area contributed by atoms with Gasteiger partial charge in [-0.25, -0.2) is 0 Å². The Morgan fingerprint density at radius 2 is 2.00 bits per heavy atom. The Balaban J connectivity index is 2.01. The lowest BCUT2D eigenvalue weighted by Crippen LogP contribution is -2.16. The van der Waals surface area contributed by atoms with E-state index in [4.69, 9.17) is 16.3 Å². The van der Waals surface area contributed by atoms with Crippen molar-refractivity contribution in [1.29, 1.82) is 0 Å². The van der Waals surface area contributed by atoms with E-state index in [0.29, 0.717) is 6.04 Å². The van der Waals surface area contributed by atoms with Crippen LogP contribution in [0, 0.1) is 6.92 Å². The normalized spacial score (nSPS) is 12.4. The first kappa shape index (κ1) is 15.4. The summed E-state index contributed by atoms with van der Waals surface area (Å²) in [6.45, 7) is 2.05. The lowest BCUT2D eigenvalue weighted by molar-refractivity contribution is 0.414. The lowest BCUT2D eigenvalue weighted by Gasteiger charge is -2.15. The van der Waals surface area contributed by atoms with Crippen LogP contribution in [0.1, 0.15) is 28.5 Å². The second-order valence-corrected chi connectivity index (χ2v) is 6.11. The van der Waals surface area contributed by atoms with Crippen molar-refractivity contribution in [3.8, 4) is 5.75 Å². The Kier molecular flexibility index (Phi) is 5.46. The maximum Gasteiger partial charge on any atom is 0.118 e. The number of methoxy groups -OCH3 is 1. The molecular formula is C16H20ClNOS. The van der Waals surface area contributed by atoms with E-state index < -0.39 is 0 Å². The summed E-state index contributed by atoms with van der Waals surface area (Å²) in [5.41, 5.74) is 2.48. The van der Waals surface area contributed by atoms with Gasteiger partial charge in [0.2, 0.25) is 0 Å². The zero-order chi connectivity index (χ0) is 14.5. The summed E-state index contributed by atoms with van der Waals surface area (Å²) in [4.78, 5) is 1.24. The van der Waals surface area contributed by atoms with Crippen LogP contribution in [0.3, 0.4) is 0 Å². The van der Waals surface area contributed by atoms with Crippen LogP contribution in [0.4, 0.5) is 0 Å². The number of ether oxygens (including phenoxy) is 1. The largest absolute Gasteiger partial charge is 0.497 e. The average molecular weight is 310 g/mol. The Bertz CT molecular complexity index is 550. The average Bonchev–Trinajstić information content (AvgIpc) is 2.81. The van der Waals surface area contributed by atoms with Crippen molar-refractivity contribution >= 4 is 22.9 Å². The van der Waals surface area contributed by atoms with Gasteiger partial charge in [0.1, 0.15) is 5.75 Å². The fourth-order valence-electron chi connectivity index (χ4n) is 2.19. The molecule has 1 aromatic heterocycles. The smallest absolute Gasteiger partial charge is 0.118 e. The van der Waals surface area contributed by atoms with E-state index in [1.807, 2.05) is 19.2 Å². The van der Waals surface area contributed by atoms with Crippen molar-refractivity contribution < 1.29 is 4.74 Å². The highest BCUT2D eigenvalue weighted by Crippen LogP contribution is 2.34. The maximum absolute atomic E-state index is 6.36. The highest BCUT2D eigenvalue weighted by atomic mass is 35.5. The third-order valence-electron chi connectivity index (χ3n) is 3.47. The molecule has 0 aliphatic rings. The number of halogens is 1. The van der Waals surface area contributed by atoms with E-state index >= 15 is 0 Å². The van der Waals surface area contributed by atoms with Crippen LogP contribution in [0.15, 0.2) is 29.6 Å². The first-order valence-electron chi connectivity index (χ1n) is 6.69. The van der Waals surface area contributed by atoms with Gasteiger partial charge >= 0.3 is 0 Å². The molecule has 0 bridgehead atoms. The zero-order valence-electron chi connectivity index (χ0n) is 12.1. The van der Waals surface area contributed by atoms with Crippen LogP contribution in [0.2, 0.25) is 5.02 Å². The van der Waals surface area contributed by atoms with Crippen molar-refractivity contribution in [2.75, 3.05) is 14.2 Å². The summed E-state index contributed by atoms with van der Waals surface area (Å²) in [5, 5.41) is 6.39. The van der Waals surface area contributed by atoms with E-state index in [1.165, 1.54) is 10.4 Å². The number of rotatable bonds is 6. The van der Waals surface area contributed by atoms with Gasteiger partial charge in [0.25, 0.3) is 0 Å². The third-order valence-corrected chi connectivity index (χ3v) is 5.30. The topological polar surface area (TPSA) is 21.3 Å². The van der Waals surface area contributed by atoms with Gasteiger partial charge in [-0.05, 0) is 55.5 Å². The molecule has 2 rings (SSSR count). The first-order chi connectivity index (χ1) is 9.65. The molecule has 0 saturated heterocycles. The molecule has 1 atom stereocenters. The number of hydrogen-bond donors (Lipinski definition) is 1. The number of hydrogen-bond acceptors (Lipinski definition) is 3. The summed E-state index contributed by atoms with van der Waals surface area (Å²) in [7, 11) is 3.68. The Hall–Kier alpha value is -1.03. The molecule has 0 spiro atoms. The molecule has 0 fully saturated rings. The highest BCUT2D eigenvalue weighted by Gasteiger charge is 2.16. The molecule has 1 aromatic carbocycles. The monoisotopic (exact) mass is 309 g/mol. The lowest BCUT2D eigenvalue weighted by atomic mass is 10.0. The van der Waals surface area contributed by atoms with Crippen LogP contribution in [-0.4, -0.2) is 14.2 Å². The van der Waals surface area contributed by atoms with E-state index in [2.05, 4.69) is 29.8 Å². The van der Waals surface area contributed by atoms with E-state index in [0.717, 1.165) is 29.2 Å². The molecule has 0 radical (unpaired) electrons. The second kappa shape index (κ2) is 7.11. The molecule has 1 heterocycles. The number of benzene rings is 1. The predicted octanol–water partition coefficient (Wildman–Crippen LogP) is 4.61. The van der Waals surface area contributed by atoms with E-state index in [-0.39, 0.29) is 0 Å². The summed E-state index contributed by atoms with van der Waals surface area (Å²) < 4.78 is 5.18. The van der Waals surface area contributed by atoms with Gasteiger partial charge in [-0.2, -0.15) is 0 Å². The number of nitrogens with one attached hydrogen (secondary N) is 1. The Morgan fingerprint density at radius 3 is 2.50 bits per heavy atom. The quantitative estimate of drug-likeness (QED) is 0.841. The predicted molar refractivity (Wildman–Crippen MR) is 87.2 cm³/mol. The van der Waals surface area contributed by atoms with Crippen LogP contribution < -0.4 is 10.1 Å². The van der Waals surface area contributed by atoms with Crippen LogP contribution in [-0.2, 0) is 6.42 Å². The fourth-order valence-corrected chi connectivity index (χ4v) is 3.67. The van der Waals surface area contributed by atoms with Gasteiger partial charge in [0, 0.05) is 10.9 Å². The van der Waals surface area contributed by atoms with Gasteiger partial charge in [-0.3, -0.25) is 0 Å². The van der Waals surface area contributed by atoms with Gasteiger partial charge < -0.3 is 10.1 Å². The molecule has 1 unspecified atom stereocenters. The SMILES string of the molecule is CNC(CCc1ccc(OC)cc1)c1scc(C)c1Cl. The summed E-state index contributed by atoms with van der Waals surface area (Å²) in [6, 6.07) is 8.56. The van der Waals surface area contributed by atoms with Gasteiger partial charge in [-0.15, -0.1) is 11.3 Å². The minimum atomic E-state index is 0.309. The zero-order valence-corrected chi connectivity index (χ0v) is 13.6. The molecule has 4 heteroatoms. The standard InChI is InChI=1S/C16H20ClNOS/c1-11-10-20-16(15(11)17)14(18-2)9-6-12-4-7-13(19-3)8-5-12/h4-5,7-8,10,14,18H,6,9H2,1-3H3. The Morgan fingerprint density at radius 1 is 1.30 bits per heavy atom. The number of aryl methyl sites for hydroxylation is 2. The van der Waals surface area contributed by atoms with Gasteiger partial charge in [0.15, 0.2) is 0 Å². The summed E-state index contributed by atoms with van der Waals surface area (Å²) in [5.74, 6) is 0.899. The van der Waals surface area contributed by atoms with Crippen LogP contribution >= 0.6 is 22.9 Å². The van der Waals surface area contributed by atoms with Crippen LogP contribution in [0.25, 0.3) is 0 Å². The summed E-state index contributed by atoms with van der Waals surface area (Å²) in [6.07, 6.45) is 2.05. The van der Waals surface area contributed by atoms with Gasteiger partial charge in [-0.1, -0.05) is 23.7 Å². The molecule has 0 saturated carbocycles. The van der Waals surface area contributed by atoms with Crippen molar-refractivity contribution in [3.05, 3.63) is 50.7 Å². The maximum atomic E-state index is 6.36. The highest BCUT2D eigenvalue weighted by molar-refractivity contribution is 7.10. The Labute approximate surface area is 129 Å². The molecule has 20 heavy (non-hydrogen) atoms. The van der Waals surface area contributed by atoms with Crippen molar-refractivity contribution in [3.63, 3.8) is 0 Å². The molecule has 2 aromatic rings. The first-order valence-corrected chi connectivity index (χ1v) is 7.95.